The fourth-order valence-electron chi connectivity index (χ4n) is 4.42. The third-order valence-electron chi connectivity index (χ3n) is 6.37. The highest BCUT2D eigenvalue weighted by Gasteiger charge is 2.35. The van der Waals surface area contributed by atoms with Gasteiger partial charge in [-0.15, -0.1) is 0 Å². The summed E-state index contributed by atoms with van der Waals surface area (Å²) in [7, 11) is 0. The summed E-state index contributed by atoms with van der Waals surface area (Å²) in [6.07, 6.45) is -0.302. The van der Waals surface area contributed by atoms with Crippen LogP contribution in [0.25, 0.3) is 10.9 Å². The minimum absolute atomic E-state index is 0.0987. The van der Waals surface area contributed by atoms with Gasteiger partial charge < -0.3 is 20.8 Å². The third-order valence-corrected chi connectivity index (χ3v) is 6.69. The largest absolute Gasteiger partial charge is 0.451 e. The topological polar surface area (TPSA) is 124 Å². The molecule has 0 bridgehead atoms. The Hall–Kier alpha value is -3.06. The van der Waals surface area contributed by atoms with E-state index < -0.39 is 36.7 Å². The van der Waals surface area contributed by atoms with Crippen LogP contribution >= 0.6 is 11.6 Å². The quantitative estimate of drug-likeness (QED) is 0.318. The SMILES string of the molecule is O=C(NCC(c1cnc(C(F)(F)F)nc1)N1CCCCC1)c1c(Cl)ccc2nc(NCC(O)CO)ccc12. The number of nitrogens with one attached hydrogen (secondary N) is 2. The molecule has 0 radical (unpaired) electrons. The average molecular weight is 553 g/mol. The number of hydrogen-bond acceptors (Lipinski definition) is 8. The number of aliphatic hydroxyl groups excluding tert-OH is 2. The van der Waals surface area contributed by atoms with Gasteiger partial charge in [-0.2, -0.15) is 13.2 Å². The van der Waals surface area contributed by atoms with Crippen LogP contribution in [0.3, 0.4) is 0 Å². The molecule has 1 saturated heterocycles. The Kier molecular flexibility index (Phi) is 8.98. The summed E-state index contributed by atoms with van der Waals surface area (Å²) in [4.78, 5) is 26.9. The standard InChI is InChI=1S/C25H28ClF3N6O3/c26-18-5-6-19-17(4-7-21(34-19)30-12-16(37)14-36)22(18)23(38)31-13-20(35-8-2-1-3-9-35)15-10-32-24(33-11-15)25(27,28)29/h4-7,10-11,16,20,36-37H,1-3,8-9,12-14H2,(H,30,34)(H,31,38). The molecule has 4 N–H and O–H groups in total. The third kappa shape index (κ3) is 6.68. The van der Waals surface area contributed by atoms with Crippen LogP contribution in [0, 0.1) is 0 Å². The zero-order valence-electron chi connectivity index (χ0n) is 20.4. The summed E-state index contributed by atoms with van der Waals surface area (Å²) < 4.78 is 38.9. The zero-order valence-corrected chi connectivity index (χ0v) is 21.1. The highest BCUT2D eigenvalue weighted by molar-refractivity contribution is 6.35. The van der Waals surface area contributed by atoms with E-state index in [1.807, 2.05) is 0 Å². The number of alkyl halides is 3. The maximum absolute atomic E-state index is 13.3. The van der Waals surface area contributed by atoms with E-state index in [1.165, 1.54) is 12.4 Å². The first-order chi connectivity index (χ1) is 18.2. The molecule has 0 aliphatic carbocycles. The maximum atomic E-state index is 13.3. The first-order valence-electron chi connectivity index (χ1n) is 12.2. The van der Waals surface area contributed by atoms with Crippen molar-refractivity contribution in [3.63, 3.8) is 0 Å². The fourth-order valence-corrected chi connectivity index (χ4v) is 4.67. The number of aromatic nitrogens is 3. The number of anilines is 1. The number of amides is 1. The molecule has 9 nitrogen and oxygen atoms in total. The van der Waals surface area contributed by atoms with E-state index in [0.29, 0.717) is 22.3 Å². The Morgan fingerprint density at radius 3 is 2.45 bits per heavy atom. The van der Waals surface area contributed by atoms with Gasteiger partial charge in [0.25, 0.3) is 5.91 Å². The number of fused-ring (bicyclic) bond motifs is 1. The van der Waals surface area contributed by atoms with Crippen LogP contribution in [0.15, 0.2) is 36.7 Å². The van der Waals surface area contributed by atoms with Crippen LogP contribution in [-0.2, 0) is 6.18 Å². The van der Waals surface area contributed by atoms with Gasteiger partial charge in [0.05, 0.1) is 34.9 Å². The van der Waals surface area contributed by atoms with Crippen LogP contribution in [0.1, 0.15) is 47.1 Å². The maximum Gasteiger partial charge on any atom is 0.451 e. The van der Waals surface area contributed by atoms with Crippen molar-refractivity contribution < 1.29 is 28.2 Å². The number of nitrogens with zero attached hydrogens (tertiary/aromatic N) is 4. The van der Waals surface area contributed by atoms with Gasteiger partial charge in [-0.05, 0) is 50.2 Å². The van der Waals surface area contributed by atoms with Crippen molar-refractivity contribution in [2.24, 2.45) is 0 Å². The van der Waals surface area contributed by atoms with Crippen LogP contribution in [0.4, 0.5) is 19.0 Å². The molecule has 1 aromatic carbocycles. The average Bonchev–Trinajstić information content (AvgIpc) is 2.92. The first-order valence-corrected chi connectivity index (χ1v) is 12.6. The highest BCUT2D eigenvalue weighted by atomic mass is 35.5. The number of hydrogen-bond donors (Lipinski definition) is 4. The van der Waals surface area contributed by atoms with Gasteiger partial charge in [0, 0.05) is 36.4 Å². The Bertz CT molecular complexity index is 1260. The summed E-state index contributed by atoms with van der Waals surface area (Å²) in [5, 5.41) is 25.1. The van der Waals surface area contributed by atoms with Crippen LogP contribution in [0.2, 0.25) is 5.02 Å². The van der Waals surface area contributed by atoms with E-state index in [1.54, 1.807) is 24.3 Å². The number of pyridine rings is 1. The van der Waals surface area contributed by atoms with Gasteiger partial charge in [0.1, 0.15) is 5.82 Å². The van der Waals surface area contributed by atoms with Crippen molar-refractivity contribution in [1.82, 2.24) is 25.2 Å². The second-order valence-electron chi connectivity index (χ2n) is 9.06. The van der Waals surface area contributed by atoms with Gasteiger partial charge in [-0.1, -0.05) is 18.0 Å². The van der Waals surface area contributed by atoms with E-state index >= 15 is 0 Å². The molecule has 2 aromatic heterocycles. The number of rotatable bonds is 9. The van der Waals surface area contributed by atoms with Crippen molar-refractivity contribution in [2.75, 3.05) is 38.1 Å². The second kappa shape index (κ2) is 12.2. The lowest BCUT2D eigenvalue weighted by molar-refractivity contribution is -0.145. The van der Waals surface area contributed by atoms with Gasteiger partial charge in [0.15, 0.2) is 0 Å². The lowest BCUT2D eigenvalue weighted by atomic mass is 10.0. The minimum Gasteiger partial charge on any atom is -0.394 e. The number of carbonyl (C=O) groups is 1. The van der Waals surface area contributed by atoms with Gasteiger partial charge in [-0.25, -0.2) is 15.0 Å². The summed E-state index contributed by atoms with van der Waals surface area (Å²) in [5.41, 5.74) is 1.19. The first kappa shape index (κ1) is 28.0. The number of halogens is 4. The molecular weight excluding hydrogens is 525 g/mol. The summed E-state index contributed by atoms with van der Waals surface area (Å²) >= 11 is 6.40. The Morgan fingerprint density at radius 1 is 1.08 bits per heavy atom. The van der Waals surface area contributed by atoms with Crippen LogP contribution in [-0.4, -0.2) is 74.9 Å². The summed E-state index contributed by atoms with van der Waals surface area (Å²) in [5.74, 6) is -1.21. The fraction of sp³-hybridized carbons (Fsp3) is 0.440. The number of aliphatic hydroxyl groups is 2. The predicted molar refractivity (Wildman–Crippen MR) is 136 cm³/mol. The van der Waals surface area contributed by atoms with Crippen molar-refractivity contribution in [3.8, 4) is 0 Å². The van der Waals surface area contributed by atoms with Crippen LogP contribution in [0.5, 0.6) is 0 Å². The van der Waals surface area contributed by atoms with Crippen molar-refractivity contribution in [1.29, 1.82) is 0 Å². The minimum atomic E-state index is -4.64. The second-order valence-corrected chi connectivity index (χ2v) is 9.47. The smallest absolute Gasteiger partial charge is 0.394 e. The predicted octanol–water partition coefficient (Wildman–Crippen LogP) is 3.42. The molecule has 0 saturated carbocycles. The van der Waals surface area contributed by atoms with E-state index in [-0.39, 0.29) is 23.7 Å². The number of benzene rings is 1. The molecule has 3 aromatic rings. The molecule has 1 fully saturated rings. The molecule has 2 unspecified atom stereocenters. The molecular formula is C25H28ClF3N6O3. The molecule has 13 heteroatoms. The Balaban J connectivity index is 1.55. The van der Waals surface area contributed by atoms with Crippen molar-refractivity contribution >= 4 is 34.2 Å². The lowest BCUT2D eigenvalue weighted by Gasteiger charge is -2.34. The van der Waals surface area contributed by atoms with Crippen LogP contribution < -0.4 is 10.6 Å². The molecule has 38 heavy (non-hydrogen) atoms. The monoisotopic (exact) mass is 552 g/mol. The number of carbonyl (C=O) groups excluding carboxylic acids is 1. The van der Waals surface area contributed by atoms with Gasteiger partial charge in [-0.3, -0.25) is 9.69 Å². The highest BCUT2D eigenvalue weighted by Crippen LogP contribution is 2.29. The molecule has 4 rings (SSSR count). The van der Waals surface area contributed by atoms with E-state index in [4.69, 9.17) is 16.7 Å². The molecule has 1 aliphatic rings. The number of likely N-dealkylation sites (tertiary alicyclic amines) is 1. The lowest BCUT2D eigenvalue weighted by Crippen LogP contribution is -2.41. The van der Waals surface area contributed by atoms with Gasteiger partial charge in [0.2, 0.25) is 5.82 Å². The molecule has 1 amide bonds. The number of piperidine rings is 1. The summed E-state index contributed by atoms with van der Waals surface area (Å²) in [6, 6.07) is 6.13. The molecule has 1 aliphatic heterocycles. The molecule has 2 atom stereocenters. The normalized spacial score (nSPS) is 16.3. The Morgan fingerprint density at radius 2 is 1.79 bits per heavy atom. The molecule has 0 spiro atoms. The van der Waals surface area contributed by atoms with Gasteiger partial charge >= 0.3 is 6.18 Å². The van der Waals surface area contributed by atoms with E-state index in [0.717, 1.165) is 32.4 Å². The van der Waals surface area contributed by atoms with E-state index in [2.05, 4.69) is 30.5 Å². The zero-order chi connectivity index (χ0) is 27.3. The Labute approximate surface area is 222 Å². The molecule has 204 valence electrons. The molecule has 3 heterocycles. The van der Waals surface area contributed by atoms with Crippen molar-refractivity contribution in [2.45, 2.75) is 37.6 Å². The summed E-state index contributed by atoms with van der Waals surface area (Å²) in [6.45, 7) is 1.30. The van der Waals surface area contributed by atoms with E-state index in [9.17, 15) is 23.1 Å². The van der Waals surface area contributed by atoms with Crippen molar-refractivity contribution in [3.05, 3.63) is 58.6 Å².